The minimum absolute atomic E-state index is 0.0180. The molecular weight excluding hydrogens is 304 g/mol. The van der Waals surface area contributed by atoms with Gasteiger partial charge >= 0.3 is 0 Å². The zero-order chi connectivity index (χ0) is 13.7. The fourth-order valence-corrected chi connectivity index (χ4v) is 3.24. The molecule has 3 nitrogen and oxygen atoms in total. The van der Waals surface area contributed by atoms with Gasteiger partial charge in [-0.3, -0.25) is 4.79 Å². The molecule has 0 aliphatic heterocycles. The monoisotopic (exact) mass is 326 g/mol. The van der Waals surface area contributed by atoms with Crippen LogP contribution >= 0.6 is 15.9 Å². The van der Waals surface area contributed by atoms with Gasteiger partial charge in [-0.25, -0.2) is 4.98 Å². The molecule has 1 aliphatic rings. The van der Waals surface area contributed by atoms with Crippen molar-refractivity contribution in [2.75, 3.05) is 0 Å². The van der Waals surface area contributed by atoms with E-state index in [9.17, 15) is 4.79 Å². The number of halogens is 1. The van der Waals surface area contributed by atoms with Crippen molar-refractivity contribution >= 4 is 15.9 Å². The highest BCUT2D eigenvalue weighted by Gasteiger charge is 2.18. The molecule has 1 saturated carbocycles. The Labute approximate surface area is 123 Å². The van der Waals surface area contributed by atoms with Gasteiger partial charge in [0.2, 0.25) is 0 Å². The lowest BCUT2D eigenvalue weighted by atomic mass is 9.90. The molecule has 1 aromatic rings. The Morgan fingerprint density at radius 2 is 1.84 bits per heavy atom. The quantitative estimate of drug-likeness (QED) is 0.899. The van der Waals surface area contributed by atoms with Crippen molar-refractivity contribution in [2.24, 2.45) is 0 Å². The standard InChI is InChI=1S/C15H23BrN2O/c1-2-8-12-13(16)15(19)18-14(17-12)11-9-6-4-3-5-7-10-11/h11H,2-10H2,1H3,(H,17,18,19). The van der Waals surface area contributed by atoms with Gasteiger partial charge in [0.05, 0.1) is 5.69 Å². The van der Waals surface area contributed by atoms with E-state index in [-0.39, 0.29) is 5.56 Å². The van der Waals surface area contributed by atoms with Crippen LogP contribution in [0.15, 0.2) is 9.27 Å². The van der Waals surface area contributed by atoms with Crippen molar-refractivity contribution in [1.29, 1.82) is 0 Å². The van der Waals surface area contributed by atoms with Crippen molar-refractivity contribution in [3.05, 3.63) is 26.3 Å². The van der Waals surface area contributed by atoms with Crippen LogP contribution in [0.25, 0.3) is 0 Å². The van der Waals surface area contributed by atoms with E-state index >= 15 is 0 Å². The summed E-state index contributed by atoms with van der Waals surface area (Å²) in [7, 11) is 0. The Balaban J connectivity index is 2.24. The Bertz CT molecular complexity index is 462. The van der Waals surface area contributed by atoms with E-state index in [1.165, 1.54) is 32.1 Å². The van der Waals surface area contributed by atoms with Crippen molar-refractivity contribution in [3.63, 3.8) is 0 Å². The van der Waals surface area contributed by atoms with E-state index < -0.39 is 0 Å². The van der Waals surface area contributed by atoms with Gasteiger partial charge in [0.1, 0.15) is 10.3 Å². The molecule has 2 rings (SSSR count). The predicted molar refractivity (Wildman–Crippen MR) is 81.6 cm³/mol. The summed E-state index contributed by atoms with van der Waals surface area (Å²) < 4.78 is 0.615. The van der Waals surface area contributed by atoms with Crippen LogP contribution in [-0.4, -0.2) is 9.97 Å². The highest BCUT2D eigenvalue weighted by atomic mass is 79.9. The summed E-state index contributed by atoms with van der Waals surface area (Å²) in [6.45, 7) is 2.12. The Kier molecular flexibility index (Phi) is 5.61. The van der Waals surface area contributed by atoms with E-state index in [0.29, 0.717) is 10.4 Å². The van der Waals surface area contributed by atoms with E-state index in [2.05, 4.69) is 27.8 Å². The normalized spacial score (nSPS) is 18.0. The lowest BCUT2D eigenvalue weighted by Gasteiger charge is -2.19. The van der Waals surface area contributed by atoms with Crippen LogP contribution in [-0.2, 0) is 6.42 Å². The number of hydrogen-bond donors (Lipinski definition) is 1. The van der Waals surface area contributed by atoms with E-state index in [1.54, 1.807) is 0 Å². The maximum absolute atomic E-state index is 12.0. The maximum atomic E-state index is 12.0. The zero-order valence-electron chi connectivity index (χ0n) is 11.7. The lowest BCUT2D eigenvalue weighted by molar-refractivity contribution is 0.440. The highest BCUT2D eigenvalue weighted by Crippen LogP contribution is 2.29. The second kappa shape index (κ2) is 7.22. The Morgan fingerprint density at radius 3 is 2.47 bits per heavy atom. The largest absolute Gasteiger partial charge is 0.309 e. The highest BCUT2D eigenvalue weighted by molar-refractivity contribution is 9.10. The van der Waals surface area contributed by atoms with E-state index in [0.717, 1.165) is 37.2 Å². The number of rotatable bonds is 3. The third kappa shape index (κ3) is 3.91. The SMILES string of the molecule is CCCc1nc(C2CCCCCCC2)[nH]c(=O)c1Br. The zero-order valence-corrected chi connectivity index (χ0v) is 13.3. The molecule has 1 N–H and O–H groups in total. The van der Waals surface area contributed by atoms with Gasteiger partial charge in [0.15, 0.2) is 0 Å². The van der Waals surface area contributed by atoms with Crippen LogP contribution < -0.4 is 5.56 Å². The van der Waals surface area contributed by atoms with Gasteiger partial charge < -0.3 is 4.98 Å². The predicted octanol–water partition coefficient (Wildman–Crippen LogP) is 4.31. The van der Waals surface area contributed by atoms with Crippen LogP contribution in [0.1, 0.15) is 75.7 Å². The molecule has 19 heavy (non-hydrogen) atoms. The Morgan fingerprint density at radius 1 is 1.21 bits per heavy atom. The summed E-state index contributed by atoms with van der Waals surface area (Å²) in [5, 5.41) is 0. The van der Waals surface area contributed by atoms with Crippen LogP contribution in [0.3, 0.4) is 0 Å². The number of hydrogen-bond acceptors (Lipinski definition) is 2. The molecule has 106 valence electrons. The molecule has 1 aliphatic carbocycles. The minimum atomic E-state index is -0.0180. The first-order valence-corrected chi connectivity index (χ1v) is 8.30. The van der Waals surface area contributed by atoms with E-state index in [1.807, 2.05) is 0 Å². The minimum Gasteiger partial charge on any atom is -0.309 e. The number of aromatic nitrogens is 2. The number of H-pyrrole nitrogens is 1. The second-order valence-electron chi connectivity index (χ2n) is 5.50. The molecular formula is C15H23BrN2O. The topological polar surface area (TPSA) is 45.8 Å². The van der Waals surface area contributed by atoms with Gasteiger partial charge in [-0.1, -0.05) is 45.4 Å². The molecule has 0 spiro atoms. The molecule has 0 radical (unpaired) electrons. The molecule has 0 saturated heterocycles. The molecule has 1 fully saturated rings. The number of nitrogens with one attached hydrogen (secondary N) is 1. The average Bonchev–Trinajstić information content (AvgIpc) is 2.34. The first kappa shape index (κ1) is 14.8. The smallest absolute Gasteiger partial charge is 0.265 e. The maximum Gasteiger partial charge on any atom is 0.265 e. The third-order valence-corrected chi connectivity index (χ3v) is 4.75. The van der Waals surface area contributed by atoms with Crippen molar-refractivity contribution < 1.29 is 0 Å². The first-order chi connectivity index (χ1) is 9.22. The van der Waals surface area contributed by atoms with Crippen LogP contribution in [0.5, 0.6) is 0 Å². The van der Waals surface area contributed by atoms with E-state index in [4.69, 9.17) is 4.98 Å². The third-order valence-electron chi connectivity index (χ3n) is 3.93. The summed E-state index contributed by atoms with van der Waals surface area (Å²) in [4.78, 5) is 19.7. The second-order valence-corrected chi connectivity index (χ2v) is 6.30. The lowest BCUT2D eigenvalue weighted by Crippen LogP contribution is -2.18. The van der Waals surface area contributed by atoms with Crippen molar-refractivity contribution in [1.82, 2.24) is 9.97 Å². The number of aryl methyl sites for hydroxylation is 1. The summed E-state index contributed by atoms with van der Waals surface area (Å²) in [6.07, 6.45) is 10.7. The van der Waals surface area contributed by atoms with Crippen LogP contribution in [0.4, 0.5) is 0 Å². The summed E-state index contributed by atoms with van der Waals surface area (Å²) >= 11 is 3.36. The molecule has 1 heterocycles. The van der Waals surface area contributed by atoms with Gasteiger partial charge in [-0.05, 0) is 35.2 Å². The molecule has 0 bridgehead atoms. The van der Waals surface area contributed by atoms with Crippen molar-refractivity contribution in [2.45, 2.75) is 70.6 Å². The van der Waals surface area contributed by atoms with Gasteiger partial charge in [-0.15, -0.1) is 0 Å². The molecule has 0 aromatic carbocycles. The molecule has 1 aromatic heterocycles. The summed E-state index contributed by atoms with van der Waals surface area (Å²) in [5.74, 6) is 1.36. The number of aromatic amines is 1. The molecule has 0 atom stereocenters. The first-order valence-electron chi connectivity index (χ1n) is 7.51. The molecule has 4 heteroatoms. The fourth-order valence-electron chi connectivity index (χ4n) is 2.85. The summed E-state index contributed by atoms with van der Waals surface area (Å²) in [6, 6.07) is 0. The van der Waals surface area contributed by atoms with Crippen molar-refractivity contribution in [3.8, 4) is 0 Å². The number of nitrogens with zero attached hydrogens (tertiary/aromatic N) is 1. The van der Waals surface area contributed by atoms with Gasteiger partial charge in [0.25, 0.3) is 5.56 Å². The van der Waals surface area contributed by atoms with Gasteiger partial charge in [0, 0.05) is 5.92 Å². The fraction of sp³-hybridized carbons (Fsp3) is 0.733. The van der Waals surface area contributed by atoms with Gasteiger partial charge in [-0.2, -0.15) is 0 Å². The van der Waals surface area contributed by atoms with Crippen LogP contribution in [0.2, 0.25) is 0 Å². The Hall–Kier alpha value is -0.640. The average molecular weight is 327 g/mol. The summed E-state index contributed by atoms with van der Waals surface area (Å²) in [5.41, 5.74) is 0.902. The molecule has 0 unspecified atom stereocenters. The molecule has 0 amide bonds. The van der Waals surface area contributed by atoms with Crippen LogP contribution in [0, 0.1) is 0 Å².